The van der Waals surface area contributed by atoms with E-state index < -0.39 is 15.9 Å². The van der Waals surface area contributed by atoms with Gasteiger partial charge in [-0.05, 0) is 48.5 Å². The number of methoxy groups -OCH3 is 1. The molecule has 28 heavy (non-hydrogen) atoms. The molecule has 0 atom stereocenters. The lowest BCUT2D eigenvalue weighted by molar-refractivity contribution is 0.102. The van der Waals surface area contributed by atoms with Gasteiger partial charge in [0.2, 0.25) is 0 Å². The van der Waals surface area contributed by atoms with Gasteiger partial charge >= 0.3 is 0 Å². The maximum Gasteiger partial charge on any atom is 0.261 e. The number of carbonyl (C=O) groups excluding carboxylic acids is 1. The summed E-state index contributed by atoms with van der Waals surface area (Å²) in [5.41, 5.74) is 1.01. The Balaban J connectivity index is 1.84. The number of anilines is 2. The van der Waals surface area contributed by atoms with Crippen LogP contribution in [0.2, 0.25) is 5.02 Å². The summed E-state index contributed by atoms with van der Waals surface area (Å²) in [4.78, 5) is 12.5. The third kappa shape index (κ3) is 4.62. The number of amides is 1. The van der Waals surface area contributed by atoms with Crippen molar-refractivity contribution in [1.29, 1.82) is 0 Å². The molecule has 0 unspecified atom stereocenters. The first-order valence-electron chi connectivity index (χ1n) is 8.22. The molecule has 6 nitrogen and oxygen atoms in total. The molecular formula is C20H17ClN2O4S. The first-order chi connectivity index (χ1) is 13.4. The zero-order valence-corrected chi connectivity index (χ0v) is 16.4. The summed E-state index contributed by atoms with van der Waals surface area (Å²) in [5, 5.41) is 3.12. The smallest absolute Gasteiger partial charge is 0.261 e. The highest BCUT2D eigenvalue weighted by atomic mass is 35.5. The molecule has 3 rings (SSSR count). The average Bonchev–Trinajstić information content (AvgIpc) is 2.68. The molecule has 0 spiro atoms. The van der Waals surface area contributed by atoms with Crippen LogP contribution in [0.5, 0.6) is 5.75 Å². The number of carbonyl (C=O) groups is 1. The van der Waals surface area contributed by atoms with Crippen molar-refractivity contribution in [2.45, 2.75) is 4.90 Å². The molecule has 0 aromatic heterocycles. The topological polar surface area (TPSA) is 84.5 Å². The molecule has 0 heterocycles. The summed E-state index contributed by atoms with van der Waals surface area (Å²) in [6.45, 7) is 0. The fourth-order valence-electron chi connectivity index (χ4n) is 2.51. The second kappa shape index (κ2) is 8.33. The van der Waals surface area contributed by atoms with Gasteiger partial charge in [-0.1, -0.05) is 35.9 Å². The van der Waals surface area contributed by atoms with Crippen molar-refractivity contribution in [3.63, 3.8) is 0 Å². The van der Waals surface area contributed by atoms with Gasteiger partial charge in [-0.2, -0.15) is 0 Å². The number of hydrogen-bond donors (Lipinski definition) is 2. The Bertz CT molecular complexity index is 1120. The van der Waals surface area contributed by atoms with Crippen molar-refractivity contribution in [1.82, 2.24) is 0 Å². The third-order valence-electron chi connectivity index (χ3n) is 3.84. The number of benzene rings is 3. The van der Waals surface area contributed by atoms with E-state index in [4.69, 9.17) is 16.3 Å². The van der Waals surface area contributed by atoms with Gasteiger partial charge in [0.1, 0.15) is 5.75 Å². The molecule has 0 aliphatic rings. The van der Waals surface area contributed by atoms with E-state index in [0.29, 0.717) is 22.1 Å². The highest BCUT2D eigenvalue weighted by Crippen LogP contribution is 2.24. The van der Waals surface area contributed by atoms with Gasteiger partial charge in [0.15, 0.2) is 0 Å². The van der Waals surface area contributed by atoms with Gasteiger partial charge < -0.3 is 10.1 Å². The summed E-state index contributed by atoms with van der Waals surface area (Å²) in [6.07, 6.45) is 0. The van der Waals surface area contributed by atoms with E-state index in [0.717, 1.165) is 0 Å². The minimum absolute atomic E-state index is 0.0415. The largest absolute Gasteiger partial charge is 0.495 e. The Labute approximate surface area is 168 Å². The summed E-state index contributed by atoms with van der Waals surface area (Å²) in [7, 11) is -2.39. The molecule has 0 aliphatic carbocycles. The molecule has 0 saturated carbocycles. The predicted molar refractivity (Wildman–Crippen MR) is 110 cm³/mol. The molecule has 0 aliphatic heterocycles. The quantitative estimate of drug-likeness (QED) is 0.623. The zero-order valence-electron chi connectivity index (χ0n) is 14.8. The summed E-state index contributed by atoms with van der Waals surface area (Å²) >= 11 is 5.89. The van der Waals surface area contributed by atoms with Crippen LogP contribution in [0.3, 0.4) is 0 Å². The van der Waals surface area contributed by atoms with Crippen molar-refractivity contribution in [2.75, 3.05) is 17.1 Å². The van der Waals surface area contributed by atoms with Crippen molar-refractivity contribution in [3.05, 3.63) is 83.4 Å². The predicted octanol–water partition coefficient (Wildman–Crippen LogP) is 4.40. The van der Waals surface area contributed by atoms with Crippen LogP contribution in [0.4, 0.5) is 11.4 Å². The Morgan fingerprint density at radius 2 is 1.71 bits per heavy atom. The van der Waals surface area contributed by atoms with Crippen LogP contribution < -0.4 is 14.8 Å². The van der Waals surface area contributed by atoms with Gasteiger partial charge in [0.05, 0.1) is 23.4 Å². The van der Waals surface area contributed by atoms with Crippen LogP contribution in [-0.4, -0.2) is 21.4 Å². The molecule has 0 radical (unpaired) electrons. The maximum atomic E-state index is 12.6. The lowest BCUT2D eigenvalue weighted by atomic mass is 10.2. The summed E-state index contributed by atoms with van der Waals surface area (Å²) < 4.78 is 32.9. The Morgan fingerprint density at radius 3 is 2.46 bits per heavy atom. The van der Waals surface area contributed by atoms with Gasteiger partial charge in [-0.3, -0.25) is 9.52 Å². The van der Waals surface area contributed by atoms with Crippen LogP contribution in [0.15, 0.2) is 77.7 Å². The van der Waals surface area contributed by atoms with Crippen molar-refractivity contribution in [2.24, 2.45) is 0 Å². The highest BCUT2D eigenvalue weighted by Gasteiger charge is 2.17. The first kappa shape index (κ1) is 19.7. The molecule has 144 valence electrons. The molecule has 0 bridgehead atoms. The van der Waals surface area contributed by atoms with Crippen molar-refractivity contribution in [3.8, 4) is 5.75 Å². The molecule has 0 saturated heterocycles. The fraction of sp³-hybridized carbons (Fsp3) is 0.0500. The lowest BCUT2D eigenvalue weighted by Gasteiger charge is -2.11. The number of halogens is 1. The van der Waals surface area contributed by atoms with Gasteiger partial charge in [0.25, 0.3) is 15.9 Å². The van der Waals surface area contributed by atoms with E-state index in [1.165, 1.54) is 37.4 Å². The van der Waals surface area contributed by atoms with Crippen molar-refractivity contribution < 1.29 is 17.9 Å². The number of sulfonamides is 1. The van der Waals surface area contributed by atoms with Crippen LogP contribution in [0, 0.1) is 0 Å². The molecule has 3 aromatic rings. The van der Waals surface area contributed by atoms with Gasteiger partial charge in [0, 0.05) is 10.6 Å². The van der Waals surface area contributed by atoms with E-state index in [-0.39, 0.29) is 10.5 Å². The average molecular weight is 417 g/mol. The lowest BCUT2D eigenvalue weighted by Crippen LogP contribution is -2.16. The molecule has 0 fully saturated rings. The number of rotatable bonds is 6. The van der Waals surface area contributed by atoms with Crippen LogP contribution >= 0.6 is 11.6 Å². The molecule has 1 amide bonds. The number of para-hydroxylation sites is 2. The third-order valence-corrected chi connectivity index (χ3v) is 5.45. The van der Waals surface area contributed by atoms with Gasteiger partial charge in [-0.25, -0.2) is 8.42 Å². The van der Waals surface area contributed by atoms with Crippen LogP contribution in [0.25, 0.3) is 0 Å². The molecule has 2 N–H and O–H groups in total. The van der Waals surface area contributed by atoms with Crippen molar-refractivity contribution >= 4 is 38.9 Å². The number of ether oxygens (including phenoxy) is 1. The van der Waals surface area contributed by atoms with E-state index in [1.807, 2.05) is 0 Å². The van der Waals surface area contributed by atoms with E-state index in [2.05, 4.69) is 10.0 Å². The zero-order chi connectivity index (χ0) is 20.1. The number of hydrogen-bond acceptors (Lipinski definition) is 4. The maximum absolute atomic E-state index is 12.6. The standard InChI is InChI=1S/C20H17ClN2O4S/c1-27-19-11-3-2-10-18(19)22-20(24)14-6-4-9-17(12-14)28(25,26)23-16-8-5-7-15(21)13-16/h2-13,23H,1H3,(H,22,24). The SMILES string of the molecule is COc1ccccc1NC(=O)c1cccc(S(=O)(=O)Nc2cccc(Cl)c2)c1. The normalized spacial score (nSPS) is 10.9. The Kier molecular flexibility index (Phi) is 5.87. The Morgan fingerprint density at radius 1 is 0.964 bits per heavy atom. The minimum Gasteiger partial charge on any atom is -0.495 e. The second-order valence-electron chi connectivity index (χ2n) is 5.80. The van der Waals surface area contributed by atoms with Crippen LogP contribution in [0.1, 0.15) is 10.4 Å². The van der Waals surface area contributed by atoms with E-state index in [1.54, 1.807) is 42.5 Å². The fourth-order valence-corrected chi connectivity index (χ4v) is 3.80. The molecule has 3 aromatic carbocycles. The molecular weight excluding hydrogens is 400 g/mol. The van der Waals surface area contributed by atoms with E-state index >= 15 is 0 Å². The molecule has 8 heteroatoms. The first-order valence-corrected chi connectivity index (χ1v) is 10.1. The van der Waals surface area contributed by atoms with Gasteiger partial charge in [-0.15, -0.1) is 0 Å². The van der Waals surface area contributed by atoms with Crippen LogP contribution in [-0.2, 0) is 10.0 Å². The number of nitrogens with one attached hydrogen (secondary N) is 2. The summed E-state index contributed by atoms with van der Waals surface area (Å²) in [6, 6.07) is 19.1. The Hall–Kier alpha value is -3.03. The van der Waals surface area contributed by atoms with E-state index in [9.17, 15) is 13.2 Å². The highest BCUT2D eigenvalue weighted by molar-refractivity contribution is 7.92. The minimum atomic E-state index is -3.89. The second-order valence-corrected chi connectivity index (χ2v) is 7.92. The monoisotopic (exact) mass is 416 g/mol. The summed E-state index contributed by atoms with van der Waals surface area (Å²) in [5.74, 6) is 0.0477.